The van der Waals surface area contributed by atoms with Gasteiger partial charge in [-0.05, 0) is 44.9 Å². The molecule has 0 aliphatic heterocycles. The topological polar surface area (TPSA) is 84.1 Å². The first-order valence-corrected chi connectivity index (χ1v) is 7.28. The Morgan fingerprint density at radius 2 is 1.75 bits per heavy atom. The lowest BCUT2D eigenvalue weighted by molar-refractivity contribution is -0.0146. The molecule has 0 amide bonds. The van der Waals surface area contributed by atoms with Gasteiger partial charge in [0.15, 0.2) is 0 Å². The summed E-state index contributed by atoms with van der Waals surface area (Å²) in [7, 11) is 0. The summed E-state index contributed by atoms with van der Waals surface area (Å²) >= 11 is 0. The van der Waals surface area contributed by atoms with Crippen LogP contribution in [0.3, 0.4) is 0 Å². The number of aromatic nitrogens is 2. The Morgan fingerprint density at radius 1 is 1.15 bits per heavy atom. The molecule has 0 unspecified atom stereocenters. The molecule has 20 heavy (non-hydrogen) atoms. The highest BCUT2D eigenvalue weighted by Gasteiger charge is 2.36. The summed E-state index contributed by atoms with van der Waals surface area (Å²) in [4.78, 5) is 8.49. The van der Waals surface area contributed by atoms with Crippen molar-refractivity contribution in [3.8, 4) is 0 Å². The molecule has 0 atom stereocenters. The van der Waals surface area contributed by atoms with Gasteiger partial charge in [-0.25, -0.2) is 9.97 Å². The number of nitrogen functional groups attached to an aromatic ring is 1. The quantitative estimate of drug-likeness (QED) is 0.790. The zero-order valence-corrected chi connectivity index (χ0v) is 13.0. The van der Waals surface area contributed by atoms with Crippen LogP contribution in [-0.2, 0) is 0 Å². The third kappa shape index (κ3) is 3.39. The van der Waals surface area contributed by atoms with E-state index < -0.39 is 5.60 Å². The summed E-state index contributed by atoms with van der Waals surface area (Å²) in [6, 6.07) is 0. The maximum absolute atomic E-state index is 10.7. The van der Waals surface area contributed by atoms with Crippen LogP contribution in [0, 0.1) is 19.3 Å². The largest absolute Gasteiger partial charge is 0.388 e. The van der Waals surface area contributed by atoms with Crippen LogP contribution in [0.5, 0.6) is 0 Å². The second kappa shape index (κ2) is 5.20. The zero-order chi connectivity index (χ0) is 15.0. The van der Waals surface area contributed by atoms with E-state index in [0.717, 1.165) is 37.1 Å². The smallest absolute Gasteiger partial charge is 0.134 e. The predicted molar refractivity (Wildman–Crippen MR) is 81.6 cm³/mol. The molecule has 1 aromatic rings. The molecule has 1 fully saturated rings. The van der Waals surface area contributed by atoms with Crippen molar-refractivity contribution in [2.24, 2.45) is 5.41 Å². The molecule has 0 saturated heterocycles. The summed E-state index contributed by atoms with van der Waals surface area (Å²) in [5, 5.41) is 13.9. The van der Waals surface area contributed by atoms with Crippen LogP contribution in [0.25, 0.3) is 0 Å². The minimum absolute atomic E-state index is 0.345. The number of aliphatic hydroxyl groups is 1. The van der Waals surface area contributed by atoms with Crippen molar-refractivity contribution in [2.45, 2.75) is 59.0 Å². The van der Waals surface area contributed by atoms with Crippen LogP contribution >= 0.6 is 0 Å². The Kier molecular flexibility index (Phi) is 3.91. The molecule has 4 N–H and O–H groups in total. The van der Waals surface area contributed by atoms with Crippen LogP contribution < -0.4 is 11.1 Å². The van der Waals surface area contributed by atoms with Gasteiger partial charge in [0.2, 0.25) is 0 Å². The molecule has 112 valence electrons. The van der Waals surface area contributed by atoms with Crippen LogP contribution in [0.2, 0.25) is 0 Å². The van der Waals surface area contributed by atoms with Crippen LogP contribution in [-0.4, -0.2) is 27.2 Å². The summed E-state index contributed by atoms with van der Waals surface area (Å²) in [6.45, 7) is 8.75. The molecule has 5 nitrogen and oxygen atoms in total. The van der Waals surface area contributed by atoms with Gasteiger partial charge in [0.25, 0.3) is 0 Å². The number of hydrogen-bond acceptors (Lipinski definition) is 5. The van der Waals surface area contributed by atoms with E-state index in [1.165, 1.54) is 0 Å². The van der Waals surface area contributed by atoms with Gasteiger partial charge in [-0.15, -0.1) is 0 Å². The zero-order valence-electron chi connectivity index (χ0n) is 13.0. The molecule has 5 heteroatoms. The van der Waals surface area contributed by atoms with Crippen LogP contribution in [0.4, 0.5) is 11.6 Å². The van der Waals surface area contributed by atoms with E-state index in [2.05, 4.69) is 29.1 Å². The highest BCUT2D eigenvalue weighted by Crippen LogP contribution is 2.40. The number of anilines is 2. The number of nitrogens with zero attached hydrogens (tertiary/aromatic N) is 2. The van der Waals surface area contributed by atoms with Gasteiger partial charge in [-0.1, -0.05) is 13.8 Å². The number of rotatable bonds is 3. The second-order valence-corrected chi connectivity index (χ2v) is 6.87. The van der Waals surface area contributed by atoms with Crippen molar-refractivity contribution < 1.29 is 5.11 Å². The van der Waals surface area contributed by atoms with E-state index >= 15 is 0 Å². The number of nitrogens with one attached hydrogen (secondary N) is 1. The van der Waals surface area contributed by atoms with Gasteiger partial charge in [-0.2, -0.15) is 0 Å². The highest BCUT2D eigenvalue weighted by molar-refractivity contribution is 5.54. The highest BCUT2D eigenvalue weighted by atomic mass is 16.3. The lowest BCUT2D eigenvalue weighted by Crippen LogP contribution is -2.42. The molecular weight excluding hydrogens is 252 g/mol. The SMILES string of the molecule is Cc1nc(N)c(C)c(NCC2(O)CCC(C)(C)CC2)n1. The van der Waals surface area contributed by atoms with Crippen molar-refractivity contribution in [3.05, 3.63) is 11.4 Å². The van der Waals surface area contributed by atoms with Gasteiger partial charge in [-0.3, -0.25) is 0 Å². The van der Waals surface area contributed by atoms with Gasteiger partial charge in [0.1, 0.15) is 17.5 Å². The van der Waals surface area contributed by atoms with E-state index in [0.29, 0.717) is 23.6 Å². The molecule has 1 saturated carbocycles. The first kappa shape index (κ1) is 15.0. The number of hydrogen-bond donors (Lipinski definition) is 3. The summed E-state index contributed by atoms with van der Waals surface area (Å²) in [5.41, 5.74) is 6.39. The molecule has 0 bridgehead atoms. The number of nitrogens with two attached hydrogens (primary N) is 1. The Hall–Kier alpha value is -1.36. The Labute approximate surface area is 121 Å². The van der Waals surface area contributed by atoms with Crippen molar-refractivity contribution in [3.63, 3.8) is 0 Å². The normalized spacial score (nSPS) is 20.6. The molecule has 0 aromatic carbocycles. The molecule has 1 heterocycles. The maximum Gasteiger partial charge on any atom is 0.134 e. The minimum atomic E-state index is -0.643. The summed E-state index contributed by atoms with van der Waals surface area (Å²) < 4.78 is 0. The van der Waals surface area contributed by atoms with Crippen LogP contribution in [0.1, 0.15) is 50.9 Å². The van der Waals surface area contributed by atoms with E-state index in [1.54, 1.807) is 0 Å². The van der Waals surface area contributed by atoms with Gasteiger partial charge in [0.05, 0.1) is 5.60 Å². The minimum Gasteiger partial charge on any atom is -0.388 e. The molecule has 0 spiro atoms. The Bertz CT molecular complexity index is 489. The van der Waals surface area contributed by atoms with Gasteiger partial charge >= 0.3 is 0 Å². The standard InChI is InChI=1S/C15H26N4O/c1-10-12(16)18-11(2)19-13(10)17-9-15(20)7-5-14(3,4)6-8-15/h20H,5-9H2,1-4H3,(H3,16,17,18,19). The van der Waals surface area contributed by atoms with Crippen molar-refractivity contribution in [1.29, 1.82) is 0 Å². The van der Waals surface area contributed by atoms with E-state index in [9.17, 15) is 5.11 Å². The molecule has 0 radical (unpaired) electrons. The average Bonchev–Trinajstić information content (AvgIpc) is 2.36. The Balaban J connectivity index is 2.02. The third-order valence-electron chi connectivity index (χ3n) is 4.41. The maximum atomic E-state index is 10.7. The fraction of sp³-hybridized carbons (Fsp3) is 0.733. The van der Waals surface area contributed by atoms with Gasteiger partial charge in [0, 0.05) is 12.1 Å². The van der Waals surface area contributed by atoms with E-state index in [-0.39, 0.29) is 0 Å². The third-order valence-corrected chi connectivity index (χ3v) is 4.41. The first-order valence-electron chi connectivity index (χ1n) is 7.28. The Morgan fingerprint density at radius 3 is 2.35 bits per heavy atom. The fourth-order valence-corrected chi connectivity index (χ4v) is 2.64. The average molecular weight is 278 g/mol. The molecule has 2 rings (SSSR count). The predicted octanol–water partition coefficient (Wildman–Crippen LogP) is 2.42. The summed E-state index contributed by atoms with van der Waals surface area (Å²) in [5.74, 6) is 1.87. The molecule has 1 aromatic heterocycles. The fourth-order valence-electron chi connectivity index (χ4n) is 2.64. The molecule has 1 aliphatic carbocycles. The lowest BCUT2D eigenvalue weighted by Gasteiger charge is -2.40. The van der Waals surface area contributed by atoms with Crippen molar-refractivity contribution in [1.82, 2.24) is 9.97 Å². The van der Waals surface area contributed by atoms with Gasteiger partial charge < -0.3 is 16.2 Å². The lowest BCUT2D eigenvalue weighted by atomic mass is 9.71. The molecular formula is C15H26N4O. The second-order valence-electron chi connectivity index (χ2n) is 6.87. The molecule has 1 aliphatic rings. The van der Waals surface area contributed by atoms with Crippen molar-refractivity contribution in [2.75, 3.05) is 17.6 Å². The monoisotopic (exact) mass is 278 g/mol. The van der Waals surface area contributed by atoms with E-state index in [1.807, 2.05) is 13.8 Å². The summed E-state index contributed by atoms with van der Waals surface area (Å²) in [6.07, 6.45) is 3.75. The van der Waals surface area contributed by atoms with Crippen LogP contribution in [0.15, 0.2) is 0 Å². The first-order chi connectivity index (χ1) is 9.21. The van der Waals surface area contributed by atoms with Crippen molar-refractivity contribution >= 4 is 11.6 Å². The number of aryl methyl sites for hydroxylation is 1. The van der Waals surface area contributed by atoms with E-state index in [4.69, 9.17) is 5.73 Å².